The number of carbonyl (C=O) groups excluding carboxylic acids is 2. The zero-order valence-corrected chi connectivity index (χ0v) is 10.8. The van der Waals surface area contributed by atoms with Crippen LogP contribution in [-0.4, -0.2) is 57.1 Å². The van der Waals surface area contributed by atoms with Gasteiger partial charge in [-0.1, -0.05) is 0 Å². The van der Waals surface area contributed by atoms with Gasteiger partial charge < -0.3 is 9.64 Å². The maximum Gasteiger partial charge on any atom is 0.325 e. The van der Waals surface area contributed by atoms with E-state index in [1.165, 1.54) is 23.6 Å². The number of aromatic nitrogens is 4. The van der Waals surface area contributed by atoms with Crippen LogP contribution in [0.2, 0.25) is 0 Å². The van der Waals surface area contributed by atoms with Gasteiger partial charge in [-0.15, -0.1) is 5.10 Å². The van der Waals surface area contributed by atoms with Crippen LogP contribution in [0, 0.1) is 6.92 Å². The van der Waals surface area contributed by atoms with Crippen LogP contribution in [0.5, 0.6) is 0 Å². The second-order valence-electron chi connectivity index (χ2n) is 3.97. The number of ether oxygens (including phenoxy) is 1. The van der Waals surface area contributed by atoms with E-state index in [9.17, 15) is 9.59 Å². The molecule has 19 heavy (non-hydrogen) atoms. The minimum Gasteiger partial charge on any atom is -0.468 e. The number of fused-ring (bicyclic) bond motifs is 1. The maximum atomic E-state index is 12.0. The highest BCUT2D eigenvalue weighted by Gasteiger charge is 2.20. The number of esters is 1. The summed E-state index contributed by atoms with van der Waals surface area (Å²) in [7, 11) is 2.74. The number of nitrogens with zero attached hydrogens (tertiary/aromatic N) is 5. The summed E-state index contributed by atoms with van der Waals surface area (Å²) >= 11 is 0. The number of likely N-dealkylation sites (N-methyl/N-ethyl adjacent to an activating group) is 1. The van der Waals surface area contributed by atoms with Gasteiger partial charge in [0.05, 0.1) is 7.11 Å². The maximum absolute atomic E-state index is 12.0. The highest BCUT2D eigenvalue weighted by atomic mass is 16.5. The van der Waals surface area contributed by atoms with E-state index in [4.69, 9.17) is 0 Å². The lowest BCUT2D eigenvalue weighted by Crippen LogP contribution is -2.33. The first-order chi connectivity index (χ1) is 9.02. The number of amides is 1. The van der Waals surface area contributed by atoms with Crippen molar-refractivity contribution in [2.75, 3.05) is 20.7 Å². The fourth-order valence-electron chi connectivity index (χ4n) is 1.50. The van der Waals surface area contributed by atoms with Gasteiger partial charge in [-0.05, 0) is 13.0 Å². The Bertz CT molecular complexity index is 636. The molecule has 0 bridgehead atoms. The van der Waals surface area contributed by atoms with Gasteiger partial charge in [0.2, 0.25) is 5.82 Å². The first-order valence-electron chi connectivity index (χ1n) is 5.53. The summed E-state index contributed by atoms with van der Waals surface area (Å²) in [5.74, 6) is -0.632. The number of rotatable bonds is 3. The number of hydrogen-bond acceptors (Lipinski definition) is 6. The average Bonchev–Trinajstić information content (AvgIpc) is 2.83. The lowest BCUT2D eigenvalue weighted by atomic mass is 10.4. The number of carbonyl (C=O) groups is 2. The Morgan fingerprint density at radius 3 is 2.84 bits per heavy atom. The van der Waals surface area contributed by atoms with Gasteiger partial charge in [-0.3, -0.25) is 9.59 Å². The van der Waals surface area contributed by atoms with E-state index in [0.717, 1.165) is 5.69 Å². The van der Waals surface area contributed by atoms with Gasteiger partial charge in [0.1, 0.15) is 6.54 Å². The Kier molecular flexibility index (Phi) is 3.41. The standard InChI is InChI=1S/C11H13N5O3/c1-7-4-5-12-11-13-9(14-16(7)11)10(18)15(2)6-8(17)19-3/h4-5H,6H2,1-3H3. The third-order valence-electron chi connectivity index (χ3n) is 2.56. The Morgan fingerprint density at radius 1 is 1.47 bits per heavy atom. The molecule has 2 aromatic heterocycles. The lowest BCUT2D eigenvalue weighted by Gasteiger charge is -2.12. The largest absolute Gasteiger partial charge is 0.468 e. The molecule has 8 nitrogen and oxygen atoms in total. The van der Waals surface area contributed by atoms with Crippen molar-refractivity contribution in [1.29, 1.82) is 0 Å². The summed E-state index contributed by atoms with van der Waals surface area (Å²) in [5, 5.41) is 4.07. The fourth-order valence-corrected chi connectivity index (χ4v) is 1.50. The number of methoxy groups -OCH3 is 1. The molecule has 2 heterocycles. The van der Waals surface area contributed by atoms with E-state index in [-0.39, 0.29) is 12.4 Å². The zero-order chi connectivity index (χ0) is 14.0. The summed E-state index contributed by atoms with van der Waals surface area (Å²) in [6, 6.07) is 1.76. The molecule has 0 saturated heterocycles. The van der Waals surface area contributed by atoms with Crippen molar-refractivity contribution >= 4 is 17.7 Å². The second kappa shape index (κ2) is 5.01. The molecular weight excluding hydrogens is 250 g/mol. The van der Waals surface area contributed by atoms with Crippen LogP contribution in [0.15, 0.2) is 12.3 Å². The smallest absolute Gasteiger partial charge is 0.325 e. The molecule has 1 amide bonds. The van der Waals surface area contributed by atoms with E-state index in [1.54, 1.807) is 12.3 Å². The summed E-state index contributed by atoms with van der Waals surface area (Å²) in [4.78, 5) is 32.4. The molecule has 100 valence electrons. The predicted molar refractivity (Wildman–Crippen MR) is 64.5 cm³/mol. The Hall–Kier alpha value is -2.51. The van der Waals surface area contributed by atoms with E-state index in [1.807, 2.05) is 6.92 Å². The molecular formula is C11H13N5O3. The predicted octanol–water partition coefficient (Wildman–Crippen LogP) is -0.322. The van der Waals surface area contributed by atoms with E-state index < -0.39 is 11.9 Å². The number of hydrogen-bond donors (Lipinski definition) is 0. The van der Waals surface area contributed by atoms with Crippen molar-refractivity contribution in [1.82, 2.24) is 24.5 Å². The third-order valence-corrected chi connectivity index (χ3v) is 2.56. The normalized spacial score (nSPS) is 10.5. The van der Waals surface area contributed by atoms with Crippen molar-refractivity contribution in [2.24, 2.45) is 0 Å². The molecule has 0 spiro atoms. The molecule has 2 rings (SSSR count). The molecule has 0 aliphatic heterocycles. The Morgan fingerprint density at radius 2 is 2.21 bits per heavy atom. The van der Waals surface area contributed by atoms with Crippen molar-refractivity contribution in [3.8, 4) is 0 Å². The van der Waals surface area contributed by atoms with Gasteiger partial charge in [0.15, 0.2) is 0 Å². The average molecular weight is 263 g/mol. The van der Waals surface area contributed by atoms with Crippen LogP contribution >= 0.6 is 0 Å². The monoisotopic (exact) mass is 263 g/mol. The Labute approximate surface area is 109 Å². The van der Waals surface area contributed by atoms with E-state index >= 15 is 0 Å². The van der Waals surface area contributed by atoms with E-state index in [0.29, 0.717) is 5.78 Å². The van der Waals surface area contributed by atoms with Crippen molar-refractivity contribution in [2.45, 2.75) is 6.92 Å². The molecule has 0 radical (unpaired) electrons. The first kappa shape index (κ1) is 12.9. The summed E-state index contributed by atoms with van der Waals surface area (Å²) in [6.07, 6.45) is 1.59. The van der Waals surface area contributed by atoms with Crippen LogP contribution in [0.3, 0.4) is 0 Å². The minimum absolute atomic E-state index is 0.00629. The molecule has 0 saturated carbocycles. The van der Waals surface area contributed by atoms with Crippen molar-refractivity contribution < 1.29 is 14.3 Å². The Balaban J connectivity index is 2.26. The molecule has 0 fully saturated rings. The van der Waals surface area contributed by atoms with Gasteiger partial charge in [-0.2, -0.15) is 4.98 Å². The number of aryl methyl sites for hydroxylation is 1. The molecule has 0 aliphatic rings. The quantitative estimate of drug-likeness (QED) is 0.705. The topological polar surface area (TPSA) is 89.7 Å². The molecule has 0 aliphatic carbocycles. The molecule has 8 heteroatoms. The van der Waals surface area contributed by atoms with Crippen LogP contribution in [-0.2, 0) is 9.53 Å². The second-order valence-corrected chi connectivity index (χ2v) is 3.97. The highest BCUT2D eigenvalue weighted by Crippen LogP contribution is 2.04. The first-order valence-corrected chi connectivity index (χ1v) is 5.53. The minimum atomic E-state index is -0.506. The molecule has 0 N–H and O–H groups in total. The molecule has 0 atom stereocenters. The van der Waals surface area contributed by atoms with E-state index in [2.05, 4.69) is 19.8 Å². The van der Waals surface area contributed by atoms with Crippen LogP contribution in [0.4, 0.5) is 0 Å². The van der Waals surface area contributed by atoms with Crippen LogP contribution in [0.25, 0.3) is 5.78 Å². The fraction of sp³-hybridized carbons (Fsp3) is 0.364. The third kappa shape index (κ3) is 2.51. The van der Waals surface area contributed by atoms with Crippen molar-refractivity contribution in [3.63, 3.8) is 0 Å². The van der Waals surface area contributed by atoms with Crippen LogP contribution < -0.4 is 0 Å². The van der Waals surface area contributed by atoms with Crippen LogP contribution in [0.1, 0.15) is 16.3 Å². The lowest BCUT2D eigenvalue weighted by molar-refractivity contribution is -0.141. The van der Waals surface area contributed by atoms with Gasteiger partial charge >= 0.3 is 5.97 Å². The van der Waals surface area contributed by atoms with Gasteiger partial charge in [0.25, 0.3) is 11.7 Å². The van der Waals surface area contributed by atoms with Crippen molar-refractivity contribution in [3.05, 3.63) is 23.8 Å². The molecule has 0 unspecified atom stereocenters. The molecule has 0 aromatic carbocycles. The summed E-state index contributed by atoms with van der Waals surface area (Å²) < 4.78 is 5.97. The van der Waals surface area contributed by atoms with Gasteiger partial charge in [-0.25, -0.2) is 9.50 Å². The SMILES string of the molecule is COC(=O)CN(C)C(=O)c1nc2nccc(C)n2n1. The molecule has 2 aromatic rings. The zero-order valence-electron chi connectivity index (χ0n) is 10.8. The summed E-state index contributed by atoms with van der Waals surface area (Å²) in [5.41, 5.74) is 0.812. The van der Waals surface area contributed by atoms with Gasteiger partial charge in [0, 0.05) is 18.9 Å². The highest BCUT2D eigenvalue weighted by molar-refractivity contribution is 5.92. The summed E-state index contributed by atoms with van der Waals surface area (Å²) in [6.45, 7) is 1.67.